The number of nitrogens with two attached hydrogens (primary N) is 1. The molecule has 8 heteroatoms. The van der Waals surface area contributed by atoms with E-state index in [-0.39, 0.29) is 0 Å². The maximum atomic E-state index is 12.8. The van der Waals surface area contributed by atoms with Crippen LogP contribution in [-0.2, 0) is 6.18 Å². The summed E-state index contributed by atoms with van der Waals surface area (Å²) in [5, 5.41) is 2.88. The zero-order chi connectivity index (χ0) is 15.6. The number of anilines is 3. The van der Waals surface area contributed by atoms with Gasteiger partial charge in [0.1, 0.15) is 18.0 Å². The number of nitrogens with zero attached hydrogens (tertiary/aromatic N) is 2. The molecule has 0 aliphatic rings. The highest BCUT2D eigenvalue weighted by atomic mass is 19.4. The van der Waals surface area contributed by atoms with Crippen molar-refractivity contribution < 1.29 is 13.2 Å². The lowest BCUT2D eigenvalue weighted by molar-refractivity contribution is -0.137. The molecule has 0 saturated heterocycles. The smallest absolute Gasteiger partial charge is 0.340 e. The van der Waals surface area contributed by atoms with E-state index in [1.807, 2.05) is 0 Å². The van der Waals surface area contributed by atoms with Crippen LogP contribution >= 0.6 is 0 Å². The molecule has 1 aromatic carbocycles. The largest absolute Gasteiger partial charge is 0.416 e. The topological polar surface area (TPSA) is 75.9 Å². The number of hydrogen-bond donors (Lipinski definition) is 3. The van der Waals surface area contributed by atoms with Gasteiger partial charge >= 0.3 is 6.18 Å². The second-order valence-electron chi connectivity index (χ2n) is 4.49. The molecule has 0 radical (unpaired) electrons. The van der Waals surface area contributed by atoms with E-state index in [0.717, 1.165) is 12.1 Å². The minimum atomic E-state index is -4.39. The van der Waals surface area contributed by atoms with E-state index < -0.39 is 11.7 Å². The number of hydrazine groups is 1. The Morgan fingerprint density at radius 3 is 2.38 bits per heavy atom. The fourth-order valence-corrected chi connectivity index (χ4v) is 1.78. The van der Waals surface area contributed by atoms with Crippen LogP contribution in [0.15, 0.2) is 24.5 Å². The molecule has 1 aromatic heterocycles. The number of alkyl halides is 3. The van der Waals surface area contributed by atoms with Gasteiger partial charge in [-0.05, 0) is 31.5 Å². The Morgan fingerprint density at radius 1 is 1.10 bits per heavy atom. The first kappa shape index (κ1) is 15.0. The zero-order valence-corrected chi connectivity index (χ0v) is 11.4. The van der Waals surface area contributed by atoms with Crippen LogP contribution in [0.5, 0.6) is 0 Å². The summed E-state index contributed by atoms with van der Waals surface area (Å²) < 4.78 is 38.3. The van der Waals surface area contributed by atoms with E-state index in [0.29, 0.717) is 28.5 Å². The van der Waals surface area contributed by atoms with Crippen molar-refractivity contribution >= 4 is 17.3 Å². The van der Waals surface area contributed by atoms with Crippen molar-refractivity contribution in [2.75, 3.05) is 10.7 Å². The lowest BCUT2D eigenvalue weighted by atomic mass is 10.1. The number of hydrogen-bond acceptors (Lipinski definition) is 5. The summed E-state index contributed by atoms with van der Waals surface area (Å²) >= 11 is 0. The Bertz CT molecular complexity index is 655. The van der Waals surface area contributed by atoms with Crippen molar-refractivity contribution in [3.63, 3.8) is 0 Å². The normalized spacial score (nSPS) is 11.3. The predicted octanol–water partition coefficient (Wildman–Crippen LogP) is 3.14. The average molecular weight is 297 g/mol. The van der Waals surface area contributed by atoms with Gasteiger partial charge in [-0.3, -0.25) is 0 Å². The summed E-state index contributed by atoms with van der Waals surface area (Å²) in [5.41, 5.74) is 3.28. The lowest BCUT2D eigenvalue weighted by Crippen LogP contribution is -2.12. The van der Waals surface area contributed by atoms with Crippen molar-refractivity contribution in [2.24, 2.45) is 5.84 Å². The first-order valence-electron chi connectivity index (χ1n) is 6.06. The summed E-state index contributed by atoms with van der Waals surface area (Å²) in [6, 6.07) is 3.50. The number of halogens is 3. The molecule has 0 unspecified atom stereocenters. The molecule has 2 aromatic rings. The molecular weight excluding hydrogens is 283 g/mol. The monoisotopic (exact) mass is 297 g/mol. The second-order valence-corrected chi connectivity index (χ2v) is 4.49. The molecule has 0 saturated carbocycles. The number of aryl methyl sites for hydroxylation is 1. The van der Waals surface area contributed by atoms with E-state index in [1.165, 1.54) is 12.4 Å². The van der Waals surface area contributed by atoms with Crippen molar-refractivity contribution in [3.05, 3.63) is 41.2 Å². The Morgan fingerprint density at radius 2 is 1.76 bits per heavy atom. The first-order valence-corrected chi connectivity index (χ1v) is 6.06. The summed E-state index contributed by atoms with van der Waals surface area (Å²) in [5.74, 6) is 6.10. The fourth-order valence-electron chi connectivity index (χ4n) is 1.78. The Kier molecular flexibility index (Phi) is 3.99. The highest BCUT2D eigenvalue weighted by Gasteiger charge is 2.30. The third-order valence-corrected chi connectivity index (χ3v) is 3.04. The minimum absolute atomic E-state index is 0.328. The number of rotatable bonds is 3. The maximum absolute atomic E-state index is 12.8. The van der Waals surface area contributed by atoms with Crippen molar-refractivity contribution in [2.45, 2.75) is 20.0 Å². The molecule has 0 atom stereocenters. The number of nitrogens with one attached hydrogen (secondary N) is 2. The standard InChI is InChI=1S/C13H14F3N5/c1-7-3-4-9(13(14,15)16)5-10(7)20-11-8(2)12(21-17)19-6-18-11/h3-6H,17H2,1-2H3,(H2,18,19,20,21). The molecule has 4 N–H and O–H groups in total. The van der Waals surface area contributed by atoms with Gasteiger partial charge in [-0.1, -0.05) is 6.07 Å². The fraction of sp³-hybridized carbons (Fsp3) is 0.231. The third kappa shape index (κ3) is 3.22. The minimum Gasteiger partial charge on any atom is -0.340 e. The van der Waals surface area contributed by atoms with Crippen molar-refractivity contribution in [1.82, 2.24) is 9.97 Å². The highest BCUT2D eigenvalue weighted by Crippen LogP contribution is 2.33. The van der Waals surface area contributed by atoms with Gasteiger partial charge in [0.2, 0.25) is 0 Å². The quantitative estimate of drug-likeness (QED) is 0.599. The molecule has 21 heavy (non-hydrogen) atoms. The molecule has 0 bridgehead atoms. The maximum Gasteiger partial charge on any atom is 0.416 e. The predicted molar refractivity (Wildman–Crippen MR) is 74.0 cm³/mol. The van der Waals surface area contributed by atoms with Gasteiger partial charge in [0.05, 0.1) is 5.56 Å². The molecule has 1 heterocycles. The number of benzene rings is 1. The molecule has 0 spiro atoms. The molecule has 0 amide bonds. The molecule has 0 aliphatic carbocycles. The van der Waals surface area contributed by atoms with Gasteiger partial charge in [-0.2, -0.15) is 13.2 Å². The van der Waals surface area contributed by atoms with E-state index in [1.54, 1.807) is 13.8 Å². The zero-order valence-electron chi connectivity index (χ0n) is 11.4. The summed E-state index contributed by atoms with van der Waals surface area (Å²) in [6.07, 6.45) is -3.12. The van der Waals surface area contributed by atoms with Gasteiger partial charge in [-0.15, -0.1) is 0 Å². The number of nitrogen functional groups attached to an aromatic ring is 1. The Labute approximate surface area is 119 Å². The summed E-state index contributed by atoms with van der Waals surface area (Å²) in [6.45, 7) is 3.42. The van der Waals surface area contributed by atoms with Crippen LogP contribution in [0.1, 0.15) is 16.7 Å². The van der Waals surface area contributed by atoms with Crippen LogP contribution in [-0.4, -0.2) is 9.97 Å². The van der Waals surface area contributed by atoms with Gasteiger partial charge < -0.3 is 10.7 Å². The summed E-state index contributed by atoms with van der Waals surface area (Å²) in [7, 11) is 0. The van der Waals surface area contributed by atoms with Crippen molar-refractivity contribution in [3.8, 4) is 0 Å². The van der Waals surface area contributed by atoms with Gasteiger partial charge in [0, 0.05) is 11.3 Å². The van der Waals surface area contributed by atoms with Crippen LogP contribution in [0, 0.1) is 13.8 Å². The van der Waals surface area contributed by atoms with Crippen LogP contribution < -0.4 is 16.6 Å². The van der Waals surface area contributed by atoms with Gasteiger partial charge in [-0.25, -0.2) is 15.8 Å². The molecule has 112 valence electrons. The summed E-state index contributed by atoms with van der Waals surface area (Å²) in [4.78, 5) is 7.93. The SMILES string of the molecule is Cc1ccc(C(F)(F)F)cc1Nc1ncnc(NN)c1C. The first-order chi connectivity index (χ1) is 9.82. The lowest BCUT2D eigenvalue weighted by Gasteiger charge is -2.15. The second kappa shape index (κ2) is 5.57. The van der Waals surface area contributed by atoms with Crippen molar-refractivity contribution in [1.29, 1.82) is 0 Å². The molecule has 2 rings (SSSR count). The van der Waals surface area contributed by atoms with Crippen LogP contribution in [0.25, 0.3) is 0 Å². The van der Waals surface area contributed by atoms with E-state index in [9.17, 15) is 13.2 Å². The van der Waals surface area contributed by atoms with Crippen LogP contribution in [0.4, 0.5) is 30.5 Å². The Hall–Kier alpha value is -2.35. The van der Waals surface area contributed by atoms with Crippen LogP contribution in [0.2, 0.25) is 0 Å². The van der Waals surface area contributed by atoms with Gasteiger partial charge in [0.15, 0.2) is 0 Å². The molecule has 0 aliphatic heterocycles. The van der Waals surface area contributed by atoms with Crippen LogP contribution in [0.3, 0.4) is 0 Å². The highest BCUT2D eigenvalue weighted by molar-refractivity contribution is 5.66. The molecule has 5 nitrogen and oxygen atoms in total. The number of aromatic nitrogens is 2. The third-order valence-electron chi connectivity index (χ3n) is 3.04. The molecule has 0 fully saturated rings. The van der Waals surface area contributed by atoms with Gasteiger partial charge in [0.25, 0.3) is 0 Å². The molecular formula is C13H14F3N5. The van der Waals surface area contributed by atoms with E-state index >= 15 is 0 Å². The Balaban J connectivity index is 2.40. The van der Waals surface area contributed by atoms with E-state index in [2.05, 4.69) is 20.7 Å². The average Bonchev–Trinajstić information content (AvgIpc) is 2.42. The van der Waals surface area contributed by atoms with E-state index in [4.69, 9.17) is 5.84 Å².